The van der Waals surface area contributed by atoms with Gasteiger partial charge in [-0.05, 0) is 25.3 Å². The second-order valence-corrected chi connectivity index (χ2v) is 4.70. The number of hydrogen-bond donors (Lipinski definition) is 3. The first kappa shape index (κ1) is 10.5. The van der Waals surface area contributed by atoms with Gasteiger partial charge in [-0.15, -0.1) is 0 Å². The maximum absolute atomic E-state index is 10.6. The SMILES string of the molecule is O=C(O)c1cnc(N[C@@H]2C[C@@H]3CN[C@H]2C3)cn1. The monoisotopic (exact) mass is 234 g/mol. The summed E-state index contributed by atoms with van der Waals surface area (Å²) in [6.07, 6.45) is 5.14. The molecule has 0 spiro atoms. The maximum Gasteiger partial charge on any atom is 0.356 e. The van der Waals surface area contributed by atoms with E-state index >= 15 is 0 Å². The van der Waals surface area contributed by atoms with Crippen LogP contribution in [0.2, 0.25) is 0 Å². The fourth-order valence-electron chi connectivity index (χ4n) is 2.72. The Bertz CT molecular complexity index is 434. The summed E-state index contributed by atoms with van der Waals surface area (Å²) in [6.45, 7) is 1.12. The van der Waals surface area contributed by atoms with Crippen LogP contribution in [0.5, 0.6) is 0 Å². The van der Waals surface area contributed by atoms with Gasteiger partial charge in [0.1, 0.15) is 5.82 Å². The molecule has 1 saturated carbocycles. The lowest BCUT2D eigenvalue weighted by atomic mass is 10.1. The van der Waals surface area contributed by atoms with Crippen LogP contribution in [0.15, 0.2) is 12.4 Å². The molecule has 3 atom stereocenters. The highest BCUT2D eigenvalue weighted by Gasteiger charge is 2.39. The van der Waals surface area contributed by atoms with E-state index < -0.39 is 5.97 Å². The molecule has 6 nitrogen and oxygen atoms in total. The van der Waals surface area contributed by atoms with Crippen LogP contribution < -0.4 is 10.6 Å². The van der Waals surface area contributed by atoms with E-state index in [0.29, 0.717) is 17.9 Å². The molecule has 0 aromatic carbocycles. The molecule has 90 valence electrons. The van der Waals surface area contributed by atoms with Gasteiger partial charge in [0.25, 0.3) is 0 Å². The second-order valence-electron chi connectivity index (χ2n) is 4.70. The average molecular weight is 234 g/mol. The lowest BCUT2D eigenvalue weighted by molar-refractivity contribution is 0.0690. The fourth-order valence-corrected chi connectivity index (χ4v) is 2.72. The largest absolute Gasteiger partial charge is 0.476 e. The minimum Gasteiger partial charge on any atom is -0.476 e. The minimum absolute atomic E-state index is 0.0263. The summed E-state index contributed by atoms with van der Waals surface area (Å²) >= 11 is 0. The van der Waals surface area contributed by atoms with Crippen LogP contribution in [-0.2, 0) is 0 Å². The second kappa shape index (κ2) is 3.96. The van der Waals surface area contributed by atoms with Gasteiger partial charge in [-0.2, -0.15) is 0 Å². The number of carboxylic acid groups (broad SMARTS) is 1. The number of carboxylic acids is 1. The molecule has 1 aliphatic carbocycles. The van der Waals surface area contributed by atoms with Crippen molar-refractivity contribution in [3.63, 3.8) is 0 Å². The smallest absolute Gasteiger partial charge is 0.356 e. The quantitative estimate of drug-likeness (QED) is 0.699. The lowest BCUT2D eigenvalue weighted by Gasteiger charge is -2.24. The number of anilines is 1. The summed E-state index contributed by atoms with van der Waals surface area (Å²) in [5.41, 5.74) is -0.0263. The summed E-state index contributed by atoms with van der Waals surface area (Å²) in [5.74, 6) is 0.365. The Kier molecular flexibility index (Phi) is 2.44. The standard InChI is InChI=1S/C11H14N4O2/c16-11(17)9-4-14-10(5-13-9)15-8-2-6-1-7(8)12-3-6/h4-8,12H,1-3H2,(H,14,15)(H,16,17)/t6-,7+,8-/m1/s1. The number of nitrogens with one attached hydrogen (secondary N) is 2. The van der Waals surface area contributed by atoms with Crippen LogP contribution in [0.3, 0.4) is 0 Å². The van der Waals surface area contributed by atoms with Crippen molar-refractivity contribution < 1.29 is 9.90 Å². The average Bonchev–Trinajstić information content (AvgIpc) is 2.91. The Morgan fingerprint density at radius 2 is 2.29 bits per heavy atom. The van der Waals surface area contributed by atoms with E-state index in [9.17, 15) is 4.79 Å². The first-order chi connectivity index (χ1) is 8.22. The lowest BCUT2D eigenvalue weighted by Crippen LogP contribution is -2.41. The van der Waals surface area contributed by atoms with E-state index in [1.807, 2.05) is 0 Å². The van der Waals surface area contributed by atoms with Crippen LogP contribution in [0.1, 0.15) is 23.3 Å². The fraction of sp³-hybridized carbons (Fsp3) is 0.545. The molecule has 6 heteroatoms. The predicted molar refractivity (Wildman–Crippen MR) is 60.9 cm³/mol. The van der Waals surface area contributed by atoms with E-state index in [-0.39, 0.29) is 5.69 Å². The van der Waals surface area contributed by atoms with Gasteiger partial charge < -0.3 is 15.7 Å². The molecule has 2 fully saturated rings. The number of aromatic carboxylic acids is 1. The topological polar surface area (TPSA) is 87.1 Å². The van der Waals surface area contributed by atoms with Crippen molar-refractivity contribution >= 4 is 11.8 Å². The van der Waals surface area contributed by atoms with Crippen LogP contribution >= 0.6 is 0 Å². The van der Waals surface area contributed by atoms with Crippen LogP contribution in [-0.4, -0.2) is 39.7 Å². The molecule has 1 aromatic rings. The first-order valence-corrected chi connectivity index (χ1v) is 5.77. The molecule has 2 aliphatic rings. The molecule has 0 unspecified atom stereocenters. The van der Waals surface area contributed by atoms with Gasteiger partial charge in [-0.25, -0.2) is 14.8 Å². The van der Waals surface area contributed by atoms with Crippen molar-refractivity contribution in [2.24, 2.45) is 5.92 Å². The highest BCUT2D eigenvalue weighted by Crippen LogP contribution is 2.32. The summed E-state index contributed by atoms with van der Waals surface area (Å²) < 4.78 is 0. The molecule has 1 aromatic heterocycles. The van der Waals surface area contributed by atoms with Gasteiger partial charge in [-0.1, -0.05) is 0 Å². The number of aromatic nitrogens is 2. The first-order valence-electron chi connectivity index (χ1n) is 5.77. The number of rotatable bonds is 3. The van der Waals surface area contributed by atoms with Gasteiger partial charge in [0.15, 0.2) is 5.69 Å². The normalized spacial score (nSPS) is 30.5. The van der Waals surface area contributed by atoms with Gasteiger partial charge in [0, 0.05) is 12.1 Å². The molecule has 1 aliphatic heterocycles. The maximum atomic E-state index is 10.6. The van der Waals surface area contributed by atoms with Crippen LogP contribution in [0, 0.1) is 5.92 Å². The molecule has 3 rings (SSSR count). The zero-order valence-electron chi connectivity index (χ0n) is 9.26. The van der Waals surface area contributed by atoms with E-state index in [1.54, 1.807) is 0 Å². The minimum atomic E-state index is -1.05. The van der Waals surface area contributed by atoms with Crippen LogP contribution in [0.25, 0.3) is 0 Å². The van der Waals surface area contributed by atoms with Crippen molar-refractivity contribution in [3.8, 4) is 0 Å². The number of fused-ring (bicyclic) bond motifs is 2. The van der Waals surface area contributed by atoms with E-state index in [1.165, 1.54) is 18.8 Å². The number of piperidine rings is 1. The third-order valence-corrected chi connectivity index (χ3v) is 3.53. The summed E-state index contributed by atoms with van der Waals surface area (Å²) in [5, 5.41) is 15.5. The molecular weight excluding hydrogens is 220 g/mol. The Balaban J connectivity index is 1.67. The molecule has 2 bridgehead atoms. The molecule has 1 saturated heterocycles. The van der Waals surface area contributed by atoms with Crippen molar-refractivity contribution in [3.05, 3.63) is 18.1 Å². The predicted octanol–water partition coefficient (Wildman–Crippen LogP) is 0.337. The molecule has 3 N–H and O–H groups in total. The van der Waals surface area contributed by atoms with E-state index in [0.717, 1.165) is 18.9 Å². The van der Waals surface area contributed by atoms with Gasteiger partial charge in [0.2, 0.25) is 0 Å². The summed E-state index contributed by atoms with van der Waals surface area (Å²) in [6, 6.07) is 0.902. The molecule has 2 heterocycles. The van der Waals surface area contributed by atoms with Crippen LogP contribution in [0.4, 0.5) is 5.82 Å². The van der Waals surface area contributed by atoms with E-state index in [2.05, 4.69) is 20.6 Å². The summed E-state index contributed by atoms with van der Waals surface area (Å²) in [7, 11) is 0. The highest BCUT2D eigenvalue weighted by molar-refractivity contribution is 5.84. The Morgan fingerprint density at radius 1 is 1.41 bits per heavy atom. The molecule has 0 radical (unpaired) electrons. The number of nitrogens with zero attached hydrogens (tertiary/aromatic N) is 2. The Labute approximate surface area is 98.5 Å². The molecule has 0 amide bonds. The van der Waals surface area contributed by atoms with E-state index in [4.69, 9.17) is 5.11 Å². The molecule has 17 heavy (non-hydrogen) atoms. The Morgan fingerprint density at radius 3 is 2.82 bits per heavy atom. The molecular formula is C11H14N4O2. The van der Waals surface area contributed by atoms with Crippen molar-refractivity contribution in [1.82, 2.24) is 15.3 Å². The van der Waals surface area contributed by atoms with Crippen molar-refractivity contribution in [1.29, 1.82) is 0 Å². The third kappa shape index (κ3) is 1.95. The number of hydrogen-bond acceptors (Lipinski definition) is 5. The number of carbonyl (C=O) groups is 1. The van der Waals surface area contributed by atoms with Gasteiger partial charge >= 0.3 is 5.97 Å². The highest BCUT2D eigenvalue weighted by atomic mass is 16.4. The zero-order valence-corrected chi connectivity index (χ0v) is 9.26. The zero-order chi connectivity index (χ0) is 11.8. The Hall–Kier alpha value is -1.69. The van der Waals surface area contributed by atoms with Gasteiger partial charge in [-0.3, -0.25) is 0 Å². The summed E-state index contributed by atoms with van der Waals surface area (Å²) in [4.78, 5) is 18.5. The van der Waals surface area contributed by atoms with Crippen molar-refractivity contribution in [2.45, 2.75) is 24.9 Å². The van der Waals surface area contributed by atoms with Gasteiger partial charge in [0.05, 0.1) is 12.4 Å². The third-order valence-electron chi connectivity index (χ3n) is 3.53. The van der Waals surface area contributed by atoms with Crippen molar-refractivity contribution in [2.75, 3.05) is 11.9 Å².